The average Bonchev–Trinajstić information content (AvgIpc) is 2.11. The van der Waals surface area contributed by atoms with Crippen LogP contribution in [0.5, 0.6) is 0 Å². The second kappa shape index (κ2) is 9.65. The third kappa shape index (κ3) is 24.8. The highest BCUT2D eigenvalue weighted by atomic mass is 32.2. The molecule has 0 aliphatic rings. The zero-order valence-electron chi connectivity index (χ0n) is 11.7. The summed E-state index contributed by atoms with van der Waals surface area (Å²) in [5.74, 6) is -0.493. The highest BCUT2D eigenvalue weighted by molar-refractivity contribution is 7.85. The summed E-state index contributed by atoms with van der Waals surface area (Å²) < 4.78 is 31.7. The van der Waals surface area contributed by atoms with E-state index in [1.807, 2.05) is 0 Å². The number of aliphatic hydroxyl groups excluding tert-OH is 2. The first-order valence-electron chi connectivity index (χ1n) is 5.66. The minimum absolute atomic E-state index is 0.0486. The van der Waals surface area contributed by atoms with Crippen LogP contribution in [0.1, 0.15) is 0 Å². The van der Waals surface area contributed by atoms with E-state index in [0.717, 1.165) is 4.48 Å². The Kier molecular flexibility index (Phi) is 10.8. The predicted octanol–water partition coefficient (Wildman–Crippen LogP) is -1.86. The quantitative estimate of drug-likeness (QED) is 0.420. The number of aliphatic hydroxyl groups is 2. The lowest BCUT2D eigenvalue weighted by atomic mass is 10.5. The Labute approximate surface area is 110 Å². The summed E-state index contributed by atoms with van der Waals surface area (Å²) >= 11 is 0. The fraction of sp³-hybridized carbons (Fsp3) is 1.00. The molecule has 0 spiro atoms. The van der Waals surface area contributed by atoms with Crippen molar-refractivity contribution in [3.05, 3.63) is 0 Å². The van der Waals surface area contributed by atoms with E-state index < -0.39 is 15.9 Å². The maximum absolute atomic E-state index is 10.2. The van der Waals surface area contributed by atoms with Crippen LogP contribution >= 0.6 is 0 Å². The van der Waals surface area contributed by atoms with Gasteiger partial charge in [0, 0.05) is 19.6 Å². The molecule has 0 aliphatic heterocycles. The van der Waals surface area contributed by atoms with Gasteiger partial charge in [-0.15, -0.1) is 0 Å². The zero-order valence-corrected chi connectivity index (χ0v) is 12.5. The van der Waals surface area contributed by atoms with E-state index in [9.17, 15) is 13.0 Å². The van der Waals surface area contributed by atoms with Gasteiger partial charge in [-0.3, -0.25) is 4.90 Å². The summed E-state index contributed by atoms with van der Waals surface area (Å²) in [5.41, 5.74) is 0. The molecule has 0 amide bonds. The van der Waals surface area contributed by atoms with E-state index in [0.29, 0.717) is 0 Å². The standard InChI is InChI=1S/C6H15NO5S.C4H12N/c8-4-1-7(2-5-9)3-6-13(10,11)12;1-5(2,3)4/h8-9H,1-6H2,(H,10,11,12);1-4H3/q;+1/p-1. The van der Waals surface area contributed by atoms with Gasteiger partial charge in [0.2, 0.25) is 0 Å². The van der Waals surface area contributed by atoms with E-state index >= 15 is 0 Å². The van der Waals surface area contributed by atoms with Crippen molar-refractivity contribution in [2.24, 2.45) is 0 Å². The van der Waals surface area contributed by atoms with Crippen LogP contribution in [-0.2, 0) is 10.1 Å². The van der Waals surface area contributed by atoms with E-state index in [1.54, 1.807) is 0 Å². The SMILES string of the molecule is C[N+](C)(C)C.O=S(=O)([O-])CCN(CCO)CCO. The second-order valence-electron chi connectivity index (χ2n) is 5.23. The van der Waals surface area contributed by atoms with E-state index in [4.69, 9.17) is 10.2 Å². The fourth-order valence-electron chi connectivity index (χ4n) is 0.859. The Morgan fingerprint density at radius 1 is 1.00 bits per heavy atom. The molecule has 7 nitrogen and oxygen atoms in total. The van der Waals surface area contributed by atoms with E-state index in [2.05, 4.69) is 28.2 Å². The number of rotatable bonds is 7. The van der Waals surface area contributed by atoms with Crippen LogP contribution in [-0.4, -0.2) is 99.4 Å². The predicted molar refractivity (Wildman–Crippen MR) is 69.1 cm³/mol. The summed E-state index contributed by atoms with van der Waals surface area (Å²) in [6.07, 6.45) is 0. The molecule has 2 N–H and O–H groups in total. The number of hydrogen-bond donors (Lipinski definition) is 2. The first kappa shape index (κ1) is 20.1. The Bertz CT molecular complexity index is 275. The zero-order chi connectivity index (χ0) is 14.8. The normalized spacial score (nSPS) is 12.2. The molecular formula is C10H26N2O5S. The van der Waals surface area contributed by atoms with Crippen LogP contribution in [0.3, 0.4) is 0 Å². The molecule has 0 rings (SSSR count). The highest BCUT2D eigenvalue weighted by Gasteiger charge is 2.05. The van der Waals surface area contributed by atoms with Crippen molar-refractivity contribution in [1.82, 2.24) is 4.90 Å². The molecule has 0 atom stereocenters. The van der Waals surface area contributed by atoms with E-state index in [-0.39, 0.29) is 32.8 Å². The molecule has 0 fully saturated rings. The maximum Gasteiger partial charge on any atom is 0.0958 e. The monoisotopic (exact) mass is 286 g/mol. The van der Waals surface area contributed by atoms with Gasteiger partial charge in [-0.1, -0.05) is 0 Å². The highest BCUT2D eigenvalue weighted by Crippen LogP contribution is 1.90. The van der Waals surface area contributed by atoms with Gasteiger partial charge in [0.1, 0.15) is 0 Å². The van der Waals surface area contributed by atoms with Crippen molar-refractivity contribution >= 4 is 10.1 Å². The van der Waals surface area contributed by atoms with Crippen molar-refractivity contribution in [3.8, 4) is 0 Å². The summed E-state index contributed by atoms with van der Waals surface area (Å²) in [6, 6.07) is 0. The summed E-state index contributed by atoms with van der Waals surface area (Å²) in [6.45, 7) is 0.316. The minimum atomic E-state index is -4.21. The fourth-order valence-corrected chi connectivity index (χ4v) is 1.34. The molecule has 0 saturated heterocycles. The molecule has 0 aliphatic carbocycles. The molecule has 0 unspecified atom stereocenters. The molecule has 0 radical (unpaired) electrons. The van der Waals surface area contributed by atoms with Crippen molar-refractivity contribution in [1.29, 1.82) is 0 Å². The lowest BCUT2D eigenvalue weighted by molar-refractivity contribution is -0.849. The molecule has 0 aromatic carbocycles. The van der Waals surface area contributed by atoms with Crippen LogP contribution < -0.4 is 0 Å². The lowest BCUT2D eigenvalue weighted by Crippen LogP contribution is -2.34. The Balaban J connectivity index is 0. The third-order valence-electron chi connectivity index (χ3n) is 1.49. The van der Waals surface area contributed by atoms with Gasteiger partial charge in [-0.05, 0) is 0 Å². The molecule has 0 bridgehead atoms. The number of hydrogen-bond acceptors (Lipinski definition) is 6. The van der Waals surface area contributed by atoms with Gasteiger partial charge in [0.05, 0.1) is 57.3 Å². The van der Waals surface area contributed by atoms with Crippen LogP contribution in [0.15, 0.2) is 0 Å². The van der Waals surface area contributed by atoms with Crippen LogP contribution in [0.2, 0.25) is 0 Å². The van der Waals surface area contributed by atoms with Gasteiger partial charge in [0.15, 0.2) is 0 Å². The van der Waals surface area contributed by atoms with Crippen molar-refractivity contribution < 1.29 is 27.7 Å². The first-order valence-corrected chi connectivity index (χ1v) is 7.24. The average molecular weight is 286 g/mol. The topological polar surface area (TPSA) is 101 Å². The lowest BCUT2D eigenvalue weighted by Gasteiger charge is -2.20. The molecule has 18 heavy (non-hydrogen) atoms. The Morgan fingerprint density at radius 3 is 1.56 bits per heavy atom. The van der Waals surface area contributed by atoms with Gasteiger partial charge in [-0.25, -0.2) is 8.42 Å². The minimum Gasteiger partial charge on any atom is -0.748 e. The van der Waals surface area contributed by atoms with Gasteiger partial charge >= 0.3 is 0 Å². The molecule has 0 saturated carbocycles. The second-order valence-corrected chi connectivity index (χ2v) is 6.76. The van der Waals surface area contributed by atoms with Crippen LogP contribution in [0.25, 0.3) is 0 Å². The molecule has 8 heteroatoms. The number of nitrogens with zero attached hydrogens (tertiary/aromatic N) is 2. The van der Waals surface area contributed by atoms with Gasteiger partial charge in [0.25, 0.3) is 0 Å². The smallest absolute Gasteiger partial charge is 0.0958 e. The van der Waals surface area contributed by atoms with Crippen LogP contribution in [0, 0.1) is 0 Å². The van der Waals surface area contributed by atoms with Crippen molar-refractivity contribution in [3.63, 3.8) is 0 Å². The summed E-state index contributed by atoms with van der Waals surface area (Å²) in [7, 11) is 4.29. The maximum atomic E-state index is 10.2. The first-order chi connectivity index (χ1) is 7.99. The van der Waals surface area contributed by atoms with E-state index in [1.165, 1.54) is 4.90 Å². The molecule has 112 valence electrons. The van der Waals surface area contributed by atoms with Gasteiger partial charge < -0.3 is 19.2 Å². The Morgan fingerprint density at radius 2 is 1.33 bits per heavy atom. The van der Waals surface area contributed by atoms with Gasteiger partial charge in [-0.2, -0.15) is 0 Å². The molecule has 0 aromatic rings. The summed E-state index contributed by atoms with van der Waals surface area (Å²) in [5, 5.41) is 17.1. The molecule has 0 aromatic heterocycles. The van der Waals surface area contributed by atoms with Crippen molar-refractivity contribution in [2.45, 2.75) is 0 Å². The number of quaternary nitrogens is 1. The Hall–Kier alpha value is -0.250. The van der Waals surface area contributed by atoms with Crippen LogP contribution in [0.4, 0.5) is 0 Å². The van der Waals surface area contributed by atoms with Crippen molar-refractivity contribution in [2.75, 3.05) is 66.8 Å². The molecular weight excluding hydrogens is 260 g/mol. The largest absolute Gasteiger partial charge is 0.748 e. The third-order valence-corrected chi connectivity index (χ3v) is 2.17. The molecule has 0 heterocycles. The summed E-state index contributed by atoms with van der Waals surface area (Å²) in [4.78, 5) is 1.51.